The largest absolute Gasteiger partial charge is 0.383 e. The Hall–Kier alpha value is -1.14. The van der Waals surface area contributed by atoms with Gasteiger partial charge in [-0.1, -0.05) is 0 Å². The molecule has 3 rings (SSSR count). The zero-order chi connectivity index (χ0) is 16.3. The van der Waals surface area contributed by atoms with Gasteiger partial charge in [0.15, 0.2) is 0 Å². The Balaban J connectivity index is 1.59. The molecule has 3 fully saturated rings. The number of amides is 2. The van der Waals surface area contributed by atoms with Crippen LogP contribution >= 0.6 is 0 Å². The van der Waals surface area contributed by atoms with Crippen LogP contribution in [0.1, 0.15) is 32.1 Å². The first kappa shape index (κ1) is 16.7. The molecule has 6 heteroatoms. The van der Waals surface area contributed by atoms with Crippen LogP contribution in [0.4, 0.5) is 0 Å². The Morgan fingerprint density at radius 1 is 1.30 bits per heavy atom. The van der Waals surface area contributed by atoms with Gasteiger partial charge in [-0.25, -0.2) is 0 Å². The number of hydrogen-bond donors (Lipinski definition) is 0. The van der Waals surface area contributed by atoms with Gasteiger partial charge in [0, 0.05) is 39.9 Å². The minimum absolute atomic E-state index is 0.0292. The minimum Gasteiger partial charge on any atom is -0.383 e. The van der Waals surface area contributed by atoms with E-state index < -0.39 is 0 Å². The molecule has 3 heterocycles. The van der Waals surface area contributed by atoms with E-state index in [0.29, 0.717) is 32.9 Å². The van der Waals surface area contributed by atoms with Gasteiger partial charge in [0.25, 0.3) is 0 Å². The van der Waals surface area contributed by atoms with Crippen molar-refractivity contribution in [2.75, 3.05) is 53.1 Å². The van der Waals surface area contributed by atoms with Gasteiger partial charge < -0.3 is 19.3 Å². The van der Waals surface area contributed by atoms with E-state index in [1.54, 1.807) is 7.11 Å². The van der Waals surface area contributed by atoms with Gasteiger partial charge in [-0.05, 0) is 32.1 Å². The van der Waals surface area contributed by atoms with E-state index in [1.165, 1.54) is 0 Å². The van der Waals surface area contributed by atoms with Crippen molar-refractivity contribution in [3.63, 3.8) is 0 Å². The maximum atomic E-state index is 12.8. The van der Waals surface area contributed by atoms with Crippen LogP contribution in [-0.2, 0) is 19.1 Å². The third-order valence-corrected chi connectivity index (χ3v) is 5.70. The van der Waals surface area contributed by atoms with Gasteiger partial charge in [0.05, 0.1) is 24.5 Å². The van der Waals surface area contributed by atoms with Crippen LogP contribution in [0.5, 0.6) is 0 Å². The van der Waals surface area contributed by atoms with Crippen molar-refractivity contribution in [2.24, 2.45) is 11.3 Å². The first-order chi connectivity index (χ1) is 11.2. The monoisotopic (exact) mass is 324 g/mol. The number of methoxy groups -OCH3 is 1. The maximum Gasteiger partial charge on any atom is 0.229 e. The summed E-state index contributed by atoms with van der Waals surface area (Å²) in [4.78, 5) is 29.3. The second-order valence-corrected chi connectivity index (χ2v) is 7.05. The standard InChI is InChI=1S/C17H28N2O4/c1-22-12-10-19-9-6-17(16(19)21)4-2-7-18(8-5-17)15(20)14-3-11-23-13-14/h14H,2-13H2,1H3/t14-,17+/m1/s1. The molecule has 0 aromatic rings. The van der Waals surface area contributed by atoms with Gasteiger partial charge in [0.1, 0.15) is 0 Å². The maximum absolute atomic E-state index is 12.8. The average molecular weight is 324 g/mol. The number of hydrogen-bond acceptors (Lipinski definition) is 4. The van der Waals surface area contributed by atoms with Crippen LogP contribution in [0, 0.1) is 11.3 Å². The van der Waals surface area contributed by atoms with Gasteiger partial charge in [-0.3, -0.25) is 9.59 Å². The van der Waals surface area contributed by atoms with E-state index in [9.17, 15) is 9.59 Å². The predicted octanol–water partition coefficient (Wildman–Crippen LogP) is 0.901. The Bertz CT molecular complexity index is 450. The smallest absolute Gasteiger partial charge is 0.229 e. The summed E-state index contributed by atoms with van der Waals surface area (Å²) in [6.45, 7) is 4.84. The lowest BCUT2D eigenvalue weighted by atomic mass is 9.79. The van der Waals surface area contributed by atoms with E-state index >= 15 is 0 Å². The molecule has 1 spiro atoms. The van der Waals surface area contributed by atoms with Crippen molar-refractivity contribution in [1.29, 1.82) is 0 Å². The van der Waals surface area contributed by atoms with E-state index in [1.807, 2.05) is 9.80 Å². The fourth-order valence-corrected chi connectivity index (χ4v) is 4.17. The molecule has 0 unspecified atom stereocenters. The molecule has 130 valence electrons. The molecule has 3 saturated heterocycles. The lowest BCUT2D eigenvalue weighted by molar-refractivity contribution is -0.138. The molecule has 0 bridgehead atoms. The highest BCUT2D eigenvalue weighted by Crippen LogP contribution is 2.41. The van der Waals surface area contributed by atoms with Gasteiger partial charge >= 0.3 is 0 Å². The van der Waals surface area contributed by atoms with E-state index in [2.05, 4.69) is 0 Å². The van der Waals surface area contributed by atoms with E-state index in [4.69, 9.17) is 9.47 Å². The van der Waals surface area contributed by atoms with Gasteiger partial charge in [0.2, 0.25) is 11.8 Å². The lowest BCUT2D eigenvalue weighted by Gasteiger charge is -2.27. The Labute approximate surface area is 138 Å². The third-order valence-electron chi connectivity index (χ3n) is 5.70. The summed E-state index contributed by atoms with van der Waals surface area (Å²) < 4.78 is 10.4. The number of carbonyl (C=O) groups excluding carboxylic acids is 2. The van der Waals surface area contributed by atoms with Crippen molar-refractivity contribution in [2.45, 2.75) is 32.1 Å². The number of likely N-dealkylation sites (tertiary alicyclic amines) is 2. The van der Waals surface area contributed by atoms with Crippen LogP contribution < -0.4 is 0 Å². The zero-order valence-corrected chi connectivity index (χ0v) is 14.1. The molecular weight excluding hydrogens is 296 g/mol. The molecule has 23 heavy (non-hydrogen) atoms. The van der Waals surface area contributed by atoms with Crippen LogP contribution in [0.2, 0.25) is 0 Å². The molecule has 0 saturated carbocycles. The molecule has 0 N–H and O–H groups in total. The highest BCUT2D eigenvalue weighted by Gasteiger charge is 2.47. The SMILES string of the molecule is COCCN1CC[C@@]2(CCCN(C(=O)[C@@H]3CCOC3)CC2)C1=O. The van der Waals surface area contributed by atoms with Crippen molar-refractivity contribution in [1.82, 2.24) is 9.80 Å². The average Bonchev–Trinajstić information content (AvgIpc) is 3.12. The molecule has 0 aromatic carbocycles. The Morgan fingerprint density at radius 2 is 2.13 bits per heavy atom. The summed E-state index contributed by atoms with van der Waals surface area (Å²) in [5.41, 5.74) is -0.241. The molecule has 2 amide bonds. The van der Waals surface area contributed by atoms with Crippen molar-refractivity contribution >= 4 is 11.8 Å². The second-order valence-electron chi connectivity index (χ2n) is 7.05. The van der Waals surface area contributed by atoms with Crippen LogP contribution in [0.15, 0.2) is 0 Å². The summed E-state index contributed by atoms with van der Waals surface area (Å²) >= 11 is 0. The highest BCUT2D eigenvalue weighted by molar-refractivity contribution is 5.85. The van der Waals surface area contributed by atoms with Crippen LogP contribution in [-0.4, -0.2) is 74.7 Å². The predicted molar refractivity (Wildman–Crippen MR) is 84.9 cm³/mol. The quantitative estimate of drug-likeness (QED) is 0.771. The summed E-state index contributed by atoms with van der Waals surface area (Å²) in [6.07, 6.45) is 4.38. The molecule has 0 aromatic heterocycles. The molecule has 3 aliphatic rings. The molecule has 3 aliphatic heterocycles. The van der Waals surface area contributed by atoms with Crippen molar-refractivity contribution < 1.29 is 19.1 Å². The van der Waals surface area contributed by atoms with Gasteiger partial charge in [-0.2, -0.15) is 0 Å². The Morgan fingerprint density at radius 3 is 2.87 bits per heavy atom. The normalized spacial score (nSPS) is 31.9. The zero-order valence-electron chi connectivity index (χ0n) is 14.1. The second kappa shape index (κ2) is 7.18. The fraction of sp³-hybridized carbons (Fsp3) is 0.882. The summed E-state index contributed by atoms with van der Waals surface area (Å²) in [5, 5.41) is 0. The van der Waals surface area contributed by atoms with E-state index in [-0.39, 0.29) is 23.1 Å². The van der Waals surface area contributed by atoms with Crippen molar-refractivity contribution in [3.05, 3.63) is 0 Å². The summed E-state index contributed by atoms with van der Waals surface area (Å²) in [6, 6.07) is 0. The van der Waals surface area contributed by atoms with E-state index in [0.717, 1.165) is 45.2 Å². The number of ether oxygens (including phenoxy) is 2. The highest BCUT2D eigenvalue weighted by atomic mass is 16.5. The molecule has 0 aliphatic carbocycles. The summed E-state index contributed by atoms with van der Waals surface area (Å²) in [7, 11) is 1.66. The minimum atomic E-state index is -0.241. The first-order valence-electron chi connectivity index (χ1n) is 8.81. The Kier molecular flexibility index (Phi) is 5.21. The number of nitrogens with zero attached hydrogens (tertiary/aromatic N) is 2. The first-order valence-corrected chi connectivity index (χ1v) is 8.81. The topological polar surface area (TPSA) is 59.1 Å². The van der Waals surface area contributed by atoms with Crippen LogP contribution in [0.25, 0.3) is 0 Å². The van der Waals surface area contributed by atoms with Gasteiger partial charge in [-0.15, -0.1) is 0 Å². The lowest BCUT2D eigenvalue weighted by Crippen LogP contribution is -2.39. The summed E-state index contributed by atoms with van der Waals surface area (Å²) in [5.74, 6) is 0.524. The van der Waals surface area contributed by atoms with Crippen LogP contribution in [0.3, 0.4) is 0 Å². The molecule has 6 nitrogen and oxygen atoms in total. The third kappa shape index (κ3) is 3.38. The fourth-order valence-electron chi connectivity index (χ4n) is 4.17. The number of rotatable bonds is 4. The number of carbonyl (C=O) groups is 2. The molecule has 2 atom stereocenters. The molecular formula is C17H28N2O4. The van der Waals surface area contributed by atoms with Crippen molar-refractivity contribution in [3.8, 4) is 0 Å². The molecule has 0 radical (unpaired) electrons.